The van der Waals surface area contributed by atoms with E-state index in [0.29, 0.717) is 0 Å². The second kappa shape index (κ2) is 10.9. The monoisotopic (exact) mass is 491 g/mol. The largest absolute Gasteiger partial charge is 0.508 e. The molecule has 0 saturated carbocycles. The van der Waals surface area contributed by atoms with Gasteiger partial charge in [-0.25, -0.2) is 4.79 Å². The number of hydrogen-bond donors (Lipinski definition) is 0. The lowest BCUT2D eigenvalue weighted by molar-refractivity contribution is -0.333. The zero-order valence-corrected chi connectivity index (χ0v) is 21.2. The van der Waals surface area contributed by atoms with E-state index in [2.05, 4.69) is 50.5 Å². The minimum absolute atomic E-state index is 0.0250. The number of ether oxygens (including phenoxy) is 5. The number of rotatable bonds is 7. The molecule has 6 atom stereocenters. The van der Waals surface area contributed by atoms with Crippen molar-refractivity contribution in [1.82, 2.24) is 0 Å². The van der Waals surface area contributed by atoms with Crippen LogP contribution < -0.4 is 0 Å². The molecule has 2 heterocycles. The van der Waals surface area contributed by atoms with E-state index in [9.17, 15) is 10.3 Å². The molecule has 10 nitrogen and oxygen atoms in total. The first-order chi connectivity index (χ1) is 16.1. The average molecular weight is 492 g/mol. The van der Waals surface area contributed by atoms with Crippen LogP contribution in [0.5, 0.6) is 0 Å². The van der Waals surface area contributed by atoms with E-state index < -0.39 is 51.4 Å². The Labute approximate surface area is 200 Å². The highest BCUT2D eigenvalue weighted by Gasteiger charge is 2.54. The second-order valence-electron chi connectivity index (χ2n) is 9.73. The summed E-state index contributed by atoms with van der Waals surface area (Å²) in [6, 6.07) is 8.39. The maximum absolute atomic E-state index is 12.4. The van der Waals surface area contributed by atoms with Gasteiger partial charge in [0.1, 0.15) is 31.0 Å². The van der Waals surface area contributed by atoms with Crippen molar-refractivity contribution in [3.05, 3.63) is 59.0 Å². The molecule has 2 aliphatic rings. The van der Waals surface area contributed by atoms with E-state index in [0.717, 1.165) is 5.56 Å². The molecular weight excluding hydrogens is 458 g/mol. The van der Waals surface area contributed by atoms with Gasteiger partial charge in [-0.15, -0.1) is 0 Å². The smallest absolute Gasteiger partial charge is 0.430 e. The molecule has 0 amide bonds. The molecule has 11 heteroatoms. The molecule has 3 rings (SSSR count). The van der Waals surface area contributed by atoms with Crippen LogP contribution in [-0.4, -0.2) is 58.3 Å². The van der Waals surface area contributed by atoms with Crippen LogP contribution in [0.4, 0.5) is 4.79 Å². The standard InChI is InChI=1S/C23H33N3O7Si/c1-7-13-28-22(27)32-19-17(25-26-24)21(33-34(5,6)23(2,3)4)30-16-14-29-20(31-18(16)19)15-11-9-8-10-12-15/h7-12,16-21H,1,13-14H2,2-6H3/t16?,17?,18-,19-,20?,21+/m1/s1. The highest BCUT2D eigenvalue weighted by molar-refractivity contribution is 6.74. The fraction of sp³-hybridized carbons (Fsp3) is 0.609. The van der Waals surface area contributed by atoms with E-state index in [1.807, 2.05) is 30.3 Å². The molecule has 0 N–H and O–H groups in total. The number of hydrogen-bond acceptors (Lipinski definition) is 8. The maximum atomic E-state index is 12.4. The topological polar surface area (TPSA) is 121 Å². The van der Waals surface area contributed by atoms with Crippen molar-refractivity contribution < 1.29 is 32.9 Å². The molecule has 0 spiro atoms. The van der Waals surface area contributed by atoms with Crippen LogP contribution in [0.15, 0.2) is 48.1 Å². The normalized spacial score (nSPS) is 29.3. The Morgan fingerprint density at radius 2 is 2.00 bits per heavy atom. The lowest BCUT2D eigenvalue weighted by atomic mass is 9.96. The van der Waals surface area contributed by atoms with Crippen LogP contribution in [0.2, 0.25) is 18.1 Å². The van der Waals surface area contributed by atoms with Crippen molar-refractivity contribution in [2.75, 3.05) is 13.2 Å². The lowest BCUT2D eigenvalue weighted by Crippen LogP contribution is -2.64. The maximum Gasteiger partial charge on any atom is 0.508 e. The van der Waals surface area contributed by atoms with E-state index in [1.54, 1.807) is 0 Å². The van der Waals surface area contributed by atoms with Gasteiger partial charge in [-0.2, -0.15) is 0 Å². The summed E-state index contributed by atoms with van der Waals surface area (Å²) < 4.78 is 35.4. The molecule has 34 heavy (non-hydrogen) atoms. The van der Waals surface area contributed by atoms with Crippen LogP contribution in [0, 0.1) is 0 Å². The summed E-state index contributed by atoms with van der Waals surface area (Å²) in [7, 11) is -2.35. The van der Waals surface area contributed by atoms with Gasteiger partial charge in [0.2, 0.25) is 0 Å². The van der Waals surface area contributed by atoms with Crippen molar-refractivity contribution in [2.24, 2.45) is 5.11 Å². The van der Waals surface area contributed by atoms with Crippen LogP contribution in [0.1, 0.15) is 32.6 Å². The Hall–Kier alpha value is -2.40. The number of carbonyl (C=O) groups is 1. The van der Waals surface area contributed by atoms with Gasteiger partial charge in [-0.3, -0.25) is 0 Å². The van der Waals surface area contributed by atoms with Crippen LogP contribution in [0.3, 0.4) is 0 Å². The quantitative estimate of drug-likeness (QED) is 0.128. The third kappa shape index (κ3) is 5.98. The van der Waals surface area contributed by atoms with Crippen LogP contribution in [-0.2, 0) is 28.1 Å². The van der Waals surface area contributed by atoms with E-state index in [-0.39, 0.29) is 18.3 Å². The first kappa shape index (κ1) is 26.2. The zero-order chi connectivity index (χ0) is 24.9. The molecule has 186 valence electrons. The highest BCUT2D eigenvalue weighted by Crippen LogP contribution is 2.42. The van der Waals surface area contributed by atoms with Gasteiger partial charge in [0.25, 0.3) is 0 Å². The summed E-state index contributed by atoms with van der Waals surface area (Å²) in [5, 5.41) is 3.78. The van der Waals surface area contributed by atoms with Crippen LogP contribution >= 0.6 is 0 Å². The predicted octanol–water partition coefficient (Wildman–Crippen LogP) is 5.23. The van der Waals surface area contributed by atoms with Gasteiger partial charge in [0.05, 0.1) is 6.61 Å². The lowest BCUT2D eigenvalue weighted by Gasteiger charge is -2.50. The summed E-state index contributed by atoms with van der Waals surface area (Å²) in [6.07, 6.45) is -3.56. The van der Waals surface area contributed by atoms with E-state index in [1.165, 1.54) is 6.08 Å². The Bertz CT molecular complexity index is 902. The summed E-state index contributed by atoms with van der Waals surface area (Å²) in [5.41, 5.74) is 10.1. The summed E-state index contributed by atoms with van der Waals surface area (Å²) in [4.78, 5) is 15.4. The van der Waals surface area contributed by atoms with Crippen molar-refractivity contribution >= 4 is 14.5 Å². The third-order valence-electron chi connectivity index (χ3n) is 6.33. The van der Waals surface area contributed by atoms with Gasteiger partial charge in [0, 0.05) is 10.5 Å². The Balaban J connectivity index is 1.92. The van der Waals surface area contributed by atoms with Crippen molar-refractivity contribution in [2.45, 2.75) is 75.8 Å². The number of azide groups is 1. The minimum atomic E-state index is -2.35. The number of benzene rings is 1. The molecule has 2 fully saturated rings. The van der Waals surface area contributed by atoms with Gasteiger partial charge >= 0.3 is 6.16 Å². The Morgan fingerprint density at radius 3 is 2.62 bits per heavy atom. The fourth-order valence-electron chi connectivity index (χ4n) is 3.49. The second-order valence-corrected chi connectivity index (χ2v) is 14.5. The SMILES string of the molecule is C=CCOC(=O)O[C@@H]1C(N=[N+]=[N-])[C@H](O[Si](C)(C)C(C)(C)C)OC2COC(c3ccccc3)O[C@H]21. The molecule has 1 aromatic rings. The van der Waals surface area contributed by atoms with Crippen molar-refractivity contribution in [1.29, 1.82) is 0 Å². The first-order valence-corrected chi connectivity index (χ1v) is 14.1. The molecule has 0 bridgehead atoms. The molecular formula is C23H33N3O7Si. The van der Waals surface area contributed by atoms with Gasteiger partial charge in [-0.1, -0.05) is 68.9 Å². The number of nitrogens with zero attached hydrogens (tertiary/aromatic N) is 3. The molecule has 1 aromatic carbocycles. The summed E-state index contributed by atoms with van der Waals surface area (Å²) in [6.45, 7) is 14.1. The first-order valence-electron chi connectivity index (χ1n) is 11.2. The van der Waals surface area contributed by atoms with E-state index in [4.69, 9.17) is 28.1 Å². The van der Waals surface area contributed by atoms with Crippen molar-refractivity contribution in [3.63, 3.8) is 0 Å². The zero-order valence-electron chi connectivity index (χ0n) is 20.2. The predicted molar refractivity (Wildman–Crippen MR) is 126 cm³/mol. The minimum Gasteiger partial charge on any atom is -0.430 e. The average Bonchev–Trinajstić information content (AvgIpc) is 2.79. The molecule has 3 unspecified atom stereocenters. The number of carbonyl (C=O) groups excluding carboxylic acids is 1. The molecule has 0 radical (unpaired) electrons. The summed E-state index contributed by atoms with van der Waals surface area (Å²) in [5.74, 6) is 0. The molecule has 2 aliphatic heterocycles. The van der Waals surface area contributed by atoms with Crippen molar-refractivity contribution in [3.8, 4) is 0 Å². The Kier molecular flexibility index (Phi) is 8.40. The van der Waals surface area contributed by atoms with Gasteiger partial charge in [0.15, 0.2) is 20.9 Å². The molecule has 0 aromatic heterocycles. The summed E-state index contributed by atoms with van der Waals surface area (Å²) >= 11 is 0. The van der Waals surface area contributed by atoms with Gasteiger partial charge in [-0.05, 0) is 23.7 Å². The van der Waals surface area contributed by atoms with Crippen LogP contribution in [0.25, 0.3) is 10.4 Å². The molecule has 0 aliphatic carbocycles. The Morgan fingerprint density at radius 1 is 1.29 bits per heavy atom. The highest BCUT2D eigenvalue weighted by atomic mass is 28.4. The molecule has 2 saturated heterocycles. The van der Waals surface area contributed by atoms with Gasteiger partial charge < -0.3 is 28.1 Å². The van der Waals surface area contributed by atoms with E-state index >= 15 is 0 Å². The third-order valence-corrected chi connectivity index (χ3v) is 10.8. The number of fused-ring (bicyclic) bond motifs is 1. The fourth-order valence-corrected chi connectivity index (χ4v) is 4.62.